The average Bonchev–Trinajstić information content (AvgIpc) is 3.02. The summed E-state index contributed by atoms with van der Waals surface area (Å²) in [5.41, 5.74) is 0.509. The number of esters is 1. The van der Waals surface area contributed by atoms with Gasteiger partial charge in [0.15, 0.2) is 6.61 Å². The van der Waals surface area contributed by atoms with Crippen LogP contribution in [0.15, 0.2) is 18.2 Å². The summed E-state index contributed by atoms with van der Waals surface area (Å²) in [6.07, 6.45) is 2.47. The molecule has 182 valence electrons. The first-order valence-electron chi connectivity index (χ1n) is 10.4. The van der Waals surface area contributed by atoms with Crippen LogP contribution < -0.4 is 16.1 Å². The number of carbonyl (C=O) groups excluding carboxylic acids is 5. The van der Waals surface area contributed by atoms with Crippen LogP contribution >= 0.6 is 11.6 Å². The third kappa shape index (κ3) is 5.42. The van der Waals surface area contributed by atoms with E-state index in [9.17, 15) is 34.1 Å². The van der Waals surface area contributed by atoms with Gasteiger partial charge in [-0.3, -0.25) is 34.7 Å². The molecule has 1 aromatic rings. The van der Waals surface area contributed by atoms with Crippen LogP contribution in [-0.2, 0) is 19.1 Å². The molecule has 1 aliphatic carbocycles. The summed E-state index contributed by atoms with van der Waals surface area (Å²) in [7, 11) is 0. The van der Waals surface area contributed by atoms with Crippen LogP contribution in [0.25, 0.3) is 0 Å². The Morgan fingerprint density at radius 2 is 1.97 bits per heavy atom. The lowest BCUT2D eigenvalue weighted by molar-refractivity contribution is -0.384. The number of amides is 5. The second-order valence-electron chi connectivity index (χ2n) is 8.14. The van der Waals surface area contributed by atoms with Gasteiger partial charge in [-0.15, -0.1) is 0 Å². The Balaban J connectivity index is 1.45. The molecule has 34 heavy (non-hydrogen) atoms. The van der Waals surface area contributed by atoms with Gasteiger partial charge in [-0.1, -0.05) is 18.5 Å². The summed E-state index contributed by atoms with van der Waals surface area (Å²) in [6, 6.07) is 2.60. The Bertz CT molecular complexity index is 1050. The Hall–Kier alpha value is -3.74. The molecule has 13 nitrogen and oxygen atoms in total. The minimum Gasteiger partial charge on any atom is -0.454 e. The molecule has 1 aromatic carbocycles. The number of hydrogen-bond acceptors (Lipinski definition) is 8. The zero-order valence-electron chi connectivity index (χ0n) is 18.1. The van der Waals surface area contributed by atoms with Gasteiger partial charge in [-0.2, -0.15) is 5.01 Å². The van der Waals surface area contributed by atoms with Gasteiger partial charge >= 0.3 is 12.0 Å². The lowest BCUT2D eigenvalue weighted by atomic mass is 9.77. The minimum absolute atomic E-state index is 0.105. The fraction of sp³-hybridized carbons (Fsp3) is 0.450. The van der Waals surface area contributed by atoms with Crippen molar-refractivity contribution in [3.8, 4) is 0 Å². The molecule has 0 unspecified atom stereocenters. The van der Waals surface area contributed by atoms with Crippen molar-refractivity contribution in [1.82, 2.24) is 21.1 Å². The van der Waals surface area contributed by atoms with E-state index in [1.807, 2.05) is 0 Å². The highest BCUT2D eigenvalue weighted by molar-refractivity contribution is 6.32. The van der Waals surface area contributed by atoms with Crippen LogP contribution in [0.2, 0.25) is 5.02 Å². The monoisotopic (exact) mass is 495 g/mol. The largest absolute Gasteiger partial charge is 0.454 e. The third-order valence-electron chi connectivity index (χ3n) is 5.69. The van der Waals surface area contributed by atoms with Gasteiger partial charge in [0.2, 0.25) is 0 Å². The lowest BCUT2D eigenvalue weighted by Gasteiger charge is -2.33. The van der Waals surface area contributed by atoms with Crippen molar-refractivity contribution in [2.24, 2.45) is 5.92 Å². The van der Waals surface area contributed by atoms with E-state index in [1.165, 1.54) is 12.1 Å². The highest BCUT2D eigenvalue weighted by Crippen LogP contribution is 2.35. The molecular formula is C20H22ClN5O8. The van der Waals surface area contributed by atoms with Gasteiger partial charge in [-0.05, 0) is 43.7 Å². The van der Waals surface area contributed by atoms with Gasteiger partial charge in [0.05, 0.1) is 4.92 Å². The van der Waals surface area contributed by atoms with E-state index in [4.69, 9.17) is 16.3 Å². The number of benzene rings is 1. The maximum Gasteiger partial charge on any atom is 0.344 e. The molecular weight excluding hydrogens is 474 g/mol. The molecule has 5 amide bonds. The van der Waals surface area contributed by atoms with E-state index >= 15 is 0 Å². The van der Waals surface area contributed by atoms with Crippen molar-refractivity contribution in [2.75, 3.05) is 13.2 Å². The number of rotatable bonds is 7. The summed E-state index contributed by atoms with van der Waals surface area (Å²) >= 11 is 5.69. The molecule has 1 saturated heterocycles. The number of nitrogens with zero attached hydrogens (tertiary/aromatic N) is 2. The van der Waals surface area contributed by atoms with E-state index in [1.54, 1.807) is 0 Å². The molecule has 0 aromatic heterocycles. The van der Waals surface area contributed by atoms with Crippen molar-refractivity contribution in [3.05, 3.63) is 38.9 Å². The molecule has 2 fully saturated rings. The Morgan fingerprint density at radius 3 is 2.62 bits per heavy atom. The van der Waals surface area contributed by atoms with Crippen LogP contribution in [0.4, 0.5) is 10.5 Å². The van der Waals surface area contributed by atoms with E-state index in [0.29, 0.717) is 23.8 Å². The number of urea groups is 1. The second kappa shape index (κ2) is 10.0. The number of hydrogen-bond donors (Lipinski definition) is 3. The molecule has 3 N–H and O–H groups in total. The number of nitro groups is 1. The number of halogens is 1. The number of ether oxygens (including phenoxy) is 1. The van der Waals surface area contributed by atoms with E-state index in [0.717, 1.165) is 18.9 Å². The predicted octanol–water partition coefficient (Wildman–Crippen LogP) is 1.05. The summed E-state index contributed by atoms with van der Waals surface area (Å²) in [6.45, 7) is 0.624. The molecule has 1 aliphatic heterocycles. The molecule has 2 aliphatic rings. The standard InChI is InChI=1S/C20H22ClN5O8/c1-11-4-6-20(7-5-11)18(30)25(19(31)23-20)24-15(27)10-34-16(28)9-22-17(29)12-2-3-13(21)14(8-12)26(32)33/h2-3,8,11H,4-7,9-10H2,1H3,(H,22,29)(H,23,31)(H,24,27). The van der Waals surface area contributed by atoms with Crippen molar-refractivity contribution in [2.45, 2.75) is 38.1 Å². The normalized spacial score (nSPS) is 21.7. The zero-order valence-corrected chi connectivity index (χ0v) is 18.8. The SMILES string of the molecule is CC1CCC2(CC1)NC(=O)N(NC(=O)COC(=O)CNC(=O)c1ccc(Cl)c([N+](=O)[O-])c1)C2=O. The molecule has 1 saturated carbocycles. The maximum atomic E-state index is 12.7. The Morgan fingerprint density at radius 1 is 1.29 bits per heavy atom. The lowest BCUT2D eigenvalue weighted by Crippen LogP contribution is -2.52. The second-order valence-corrected chi connectivity index (χ2v) is 8.54. The first-order chi connectivity index (χ1) is 16.0. The number of nitrogens with one attached hydrogen (secondary N) is 3. The minimum atomic E-state index is -1.03. The Labute approximate surface area is 198 Å². The molecule has 0 bridgehead atoms. The van der Waals surface area contributed by atoms with Crippen LogP contribution in [0.3, 0.4) is 0 Å². The average molecular weight is 496 g/mol. The Kier molecular flexibility index (Phi) is 7.35. The molecule has 0 radical (unpaired) electrons. The summed E-state index contributed by atoms with van der Waals surface area (Å²) in [5, 5.41) is 16.2. The molecule has 1 spiro atoms. The number of hydrazine groups is 1. The smallest absolute Gasteiger partial charge is 0.344 e. The summed E-state index contributed by atoms with van der Waals surface area (Å²) in [5.74, 6) is -2.82. The fourth-order valence-corrected chi connectivity index (χ4v) is 3.90. The fourth-order valence-electron chi connectivity index (χ4n) is 3.72. The van der Waals surface area contributed by atoms with Crippen LogP contribution in [0.1, 0.15) is 43.0 Å². The number of carbonyl (C=O) groups is 5. The van der Waals surface area contributed by atoms with Gasteiger partial charge in [0.25, 0.3) is 23.4 Å². The van der Waals surface area contributed by atoms with E-state index in [-0.39, 0.29) is 10.6 Å². The highest BCUT2D eigenvalue weighted by atomic mass is 35.5. The summed E-state index contributed by atoms with van der Waals surface area (Å²) < 4.78 is 4.74. The highest BCUT2D eigenvalue weighted by Gasteiger charge is 2.52. The molecule has 3 rings (SSSR count). The van der Waals surface area contributed by atoms with E-state index in [2.05, 4.69) is 23.0 Å². The van der Waals surface area contributed by atoms with E-state index < -0.39 is 59.0 Å². The molecule has 1 heterocycles. The topological polar surface area (TPSA) is 177 Å². The van der Waals surface area contributed by atoms with Crippen molar-refractivity contribution in [1.29, 1.82) is 0 Å². The first kappa shape index (κ1) is 24.9. The van der Waals surface area contributed by atoms with Crippen LogP contribution in [0.5, 0.6) is 0 Å². The van der Waals surface area contributed by atoms with Gasteiger partial charge in [0.1, 0.15) is 17.1 Å². The predicted molar refractivity (Wildman–Crippen MR) is 115 cm³/mol. The quantitative estimate of drug-likeness (QED) is 0.217. The first-order valence-corrected chi connectivity index (χ1v) is 10.7. The number of imide groups is 1. The van der Waals surface area contributed by atoms with Crippen LogP contribution in [0, 0.1) is 16.0 Å². The van der Waals surface area contributed by atoms with Crippen molar-refractivity contribution >= 4 is 47.0 Å². The van der Waals surface area contributed by atoms with Gasteiger partial charge in [-0.25, -0.2) is 4.79 Å². The van der Waals surface area contributed by atoms with Crippen molar-refractivity contribution < 1.29 is 33.6 Å². The van der Waals surface area contributed by atoms with Crippen LogP contribution in [-0.4, -0.2) is 58.3 Å². The molecule has 14 heteroatoms. The number of nitro benzene ring substituents is 1. The maximum absolute atomic E-state index is 12.7. The third-order valence-corrected chi connectivity index (χ3v) is 6.01. The summed E-state index contributed by atoms with van der Waals surface area (Å²) in [4.78, 5) is 71.1. The van der Waals surface area contributed by atoms with Gasteiger partial charge in [0, 0.05) is 11.6 Å². The van der Waals surface area contributed by atoms with Crippen molar-refractivity contribution in [3.63, 3.8) is 0 Å². The van der Waals surface area contributed by atoms with Gasteiger partial charge < -0.3 is 15.4 Å². The zero-order chi connectivity index (χ0) is 25.0. The molecule has 0 atom stereocenters.